The summed E-state index contributed by atoms with van der Waals surface area (Å²) in [6.07, 6.45) is 1.05. The maximum absolute atomic E-state index is 14.0. The average Bonchev–Trinajstić information content (AvgIpc) is 2.92. The Balaban J connectivity index is 2.25. The Morgan fingerprint density at radius 1 is 1.39 bits per heavy atom. The van der Waals surface area contributed by atoms with Crippen molar-refractivity contribution in [1.82, 2.24) is 9.78 Å². The van der Waals surface area contributed by atoms with Gasteiger partial charge >= 0.3 is 0 Å². The number of likely N-dealkylation sites (N-methyl/N-ethyl adjacent to an activating group) is 1. The zero-order chi connectivity index (χ0) is 16.8. The first-order valence-corrected chi connectivity index (χ1v) is 7.32. The lowest BCUT2D eigenvalue weighted by Crippen LogP contribution is -2.29. The Hall–Kier alpha value is -2.15. The van der Waals surface area contributed by atoms with Gasteiger partial charge in [0.1, 0.15) is 18.0 Å². The molecule has 1 aromatic heterocycles. The second kappa shape index (κ2) is 5.49. The first-order chi connectivity index (χ1) is 10.8. The molecule has 23 heavy (non-hydrogen) atoms. The van der Waals surface area contributed by atoms with Gasteiger partial charge in [-0.25, -0.2) is 4.68 Å². The highest BCUT2D eigenvalue weighted by Gasteiger charge is 2.36. The first-order valence-electron chi connectivity index (χ1n) is 6.94. The summed E-state index contributed by atoms with van der Waals surface area (Å²) in [4.78, 5) is 13.4. The van der Waals surface area contributed by atoms with Crippen LogP contribution in [0.15, 0.2) is 24.4 Å². The highest BCUT2D eigenvalue weighted by molar-refractivity contribution is 6.67. The number of hydrogen-bond acceptors (Lipinski definition) is 4. The van der Waals surface area contributed by atoms with Crippen molar-refractivity contribution in [3.8, 4) is 11.4 Å². The van der Waals surface area contributed by atoms with Crippen molar-refractivity contribution in [2.75, 3.05) is 25.1 Å². The van der Waals surface area contributed by atoms with Gasteiger partial charge in [0.2, 0.25) is 0 Å². The third-order valence-electron chi connectivity index (χ3n) is 3.68. The summed E-state index contributed by atoms with van der Waals surface area (Å²) in [5.74, 6) is -2.84. The molecule has 2 aromatic rings. The maximum atomic E-state index is 14.0. The number of fused-ring (bicyclic) bond motifs is 1. The van der Waals surface area contributed by atoms with Crippen LogP contribution in [0.4, 0.5) is 14.5 Å². The standard InChI is InChI=1S/C15H14ClF2N3O2/c1-15(17,18)13-9(14(16)22)8-19-21(13)11-5-3-4-10-12(11)23-7-6-20(10)2/h3-5,8H,6-7H2,1-2H3. The Morgan fingerprint density at radius 2 is 2.09 bits per heavy atom. The van der Waals surface area contributed by atoms with Crippen molar-refractivity contribution < 1.29 is 18.3 Å². The van der Waals surface area contributed by atoms with E-state index in [9.17, 15) is 13.6 Å². The Kier molecular flexibility index (Phi) is 3.75. The topological polar surface area (TPSA) is 47.4 Å². The van der Waals surface area contributed by atoms with Crippen LogP contribution in [0.25, 0.3) is 5.69 Å². The van der Waals surface area contributed by atoms with Crippen LogP contribution in [0, 0.1) is 0 Å². The van der Waals surface area contributed by atoms with Crippen LogP contribution in [0.3, 0.4) is 0 Å². The molecule has 1 aromatic carbocycles. The van der Waals surface area contributed by atoms with Crippen LogP contribution in [-0.2, 0) is 5.92 Å². The molecule has 0 spiro atoms. The number of para-hydroxylation sites is 1. The fourth-order valence-corrected chi connectivity index (χ4v) is 2.77. The summed E-state index contributed by atoms with van der Waals surface area (Å²) in [6, 6.07) is 5.17. The second-order valence-electron chi connectivity index (χ2n) is 5.38. The van der Waals surface area contributed by atoms with Gasteiger partial charge < -0.3 is 9.64 Å². The lowest BCUT2D eigenvalue weighted by atomic mass is 10.1. The quantitative estimate of drug-likeness (QED) is 0.804. The molecule has 8 heteroatoms. The van der Waals surface area contributed by atoms with Gasteiger partial charge in [-0.05, 0) is 23.7 Å². The van der Waals surface area contributed by atoms with Crippen LogP contribution in [0.2, 0.25) is 0 Å². The molecule has 0 bridgehead atoms. The summed E-state index contributed by atoms with van der Waals surface area (Å²) in [5.41, 5.74) is 0.242. The van der Waals surface area contributed by atoms with Gasteiger partial charge in [0.25, 0.3) is 11.2 Å². The van der Waals surface area contributed by atoms with Crippen molar-refractivity contribution in [3.63, 3.8) is 0 Å². The number of carbonyl (C=O) groups excluding carboxylic acids is 1. The van der Waals surface area contributed by atoms with Crippen molar-refractivity contribution in [2.45, 2.75) is 12.8 Å². The van der Waals surface area contributed by atoms with Crippen molar-refractivity contribution in [3.05, 3.63) is 35.7 Å². The van der Waals surface area contributed by atoms with E-state index in [0.29, 0.717) is 31.5 Å². The Morgan fingerprint density at radius 3 is 2.74 bits per heavy atom. The predicted molar refractivity (Wildman–Crippen MR) is 82.1 cm³/mol. The zero-order valence-electron chi connectivity index (χ0n) is 12.5. The van der Waals surface area contributed by atoms with E-state index in [1.54, 1.807) is 12.1 Å². The second-order valence-corrected chi connectivity index (χ2v) is 5.72. The summed E-state index contributed by atoms with van der Waals surface area (Å²) in [6.45, 7) is 1.82. The molecule has 3 rings (SSSR count). The van der Waals surface area contributed by atoms with Crippen LogP contribution in [0.1, 0.15) is 23.0 Å². The molecule has 122 valence electrons. The zero-order valence-corrected chi connectivity index (χ0v) is 13.3. The third kappa shape index (κ3) is 2.65. The molecule has 0 saturated carbocycles. The van der Waals surface area contributed by atoms with E-state index in [-0.39, 0.29) is 5.56 Å². The predicted octanol–water partition coefficient (Wildman–Crippen LogP) is 3.19. The fourth-order valence-electron chi connectivity index (χ4n) is 2.63. The van der Waals surface area contributed by atoms with Gasteiger partial charge in [0.15, 0.2) is 5.75 Å². The number of benzene rings is 1. The molecule has 0 N–H and O–H groups in total. The SMILES string of the molecule is CN1CCOc2c1cccc2-n1ncc(C(=O)Cl)c1C(C)(F)F. The van der Waals surface area contributed by atoms with Gasteiger partial charge in [-0.2, -0.15) is 13.9 Å². The molecule has 0 saturated heterocycles. The molecule has 5 nitrogen and oxygen atoms in total. The van der Waals surface area contributed by atoms with Crippen LogP contribution in [0.5, 0.6) is 5.75 Å². The third-order valence-corrected chi connectivity index (χ3v) is 3.89. The summed E-state index contributed by atoms with van der Waals surface area (Å²) >= 11 is 5.42. The number of hydrogen-bond donors (Lipinski definition) is 0. The smallest absolute Gasteiger partial charge is 0.287 e. The molecular formula is C15H14ClF2N3O2. The number of nitrogens with zero attached hydrogens (tertiary/aromatic N) is 3. The van der Waals surface area contributed by atoms with Gasteiger partial charge in [-0.3, -0.25) is 4.79 Å². The number of rotatable bonds is 3. The van der Waals surface area contributed by atoms with Crippen molar-refractivity contribution in [1.29, 1.82) is 0 Å². The van der Waals surface area contributed by atoms with Crippen LogP contribution >= 0.6 is 11.6 Å². The minimum Gasteiger partial charge on any atom is -0.487 e. The number of anilines is 1. The summed E-state index contributed by atoms with van der Waals surface area (Å²) in [7, 11) is 1.89. The van der Waals surface area contributed by atoms with Crippen molar-refractivity contribution in [2.24, 2.45) is 0 Å². The molecular weight excluding hydrogens is 328 g/mol. The fraction of sp³-hybridized carbons (Fsp3) is 0.333. The summed E-state index contributed by atoms with van der Waals surface area (Å²) in [5, 5.41) is 2.96. The number of alkyl halides is 2. The van der Waals surface area contributed by atoms with E-state index >= 15 is 0 Å². The molecule has 0 amide bonds. The normalized spacial score (nSPS) is 14.4. The number of halogens is 3. The van der Waals surface area contributed by atoms with E-state index < -0.39 is 16.9 Å². The van der Waals surface area contributed by atoms with Crippen LogP contribution in [-0.4, -0.2) is 35.2 Å². The van der Waals surface area contributed by atoms with E-state index in [0.717, 1.165) is 16.6 Å². The minimum atomic E-state index is -3.29. The van der Waals surface area contributed by atoms with Gasteiger partial charge in [-0.15, -0.1) is 0 Å². The average molecular weight is 342 g/mol. The number of aromatic nitrogens is 2. The highest BCUT2D eigenvalue weighted by atomic mass is 35.5. The molecule has 0 unspecified atom stereocenters. The Bertz CT molecular complexity index is 771. The highest BCUT2D eigenvalue weighted by Crippen LogP contribution is 2.39. The number of ether oxygens (including phenoxy) is 1. The van der Waals surface area contributed by atoms with Gasteiger partial charge in [0.05, 0.1) is 24.0 Å². The van der Waals surface area contributed by atoms with E-state index in [1.165, 1.54) is 0 Å². The Labute approximate surface area is 136 Å². The molecule has 0 fully saturated rings. The van der Waals surface area contributed by atoms with E-state index in [1.807, 2.05) is 18.0 Å². The summed E-state index contributed by atoms with van der Waals surface area (Å²) < 4.78 is 34.8. The van der Waals surface area contributed by atoms with Gasteiger partial charge in [0, 0.05) is 14.0 Å². The molecule has 2 heterocycles. The molecule has 1 aliphatic rings. The first kappa shape index (κ1) is 15.7. The van der Waals surface area contributed by atoms with Crippen LogP contribution < -0.4 is 9.64 Å². The molecule has 1 aliphatic heterocycles. The largest absolute Gasteiger partial charge is 0.487 e. The van der Waals surface area contributed by atoms with E-state index in [4.69, 9.17) is 16.3 Å². The molecule has 0 aliphatic carbocycles. The molecule has 0 radical (unpaired) electrons. The van der Waals surface area contributed by atoms with E-state index in [2.05, 4.69) is 5.10 Å². The minimum absolute atomic E-state index is 0.319. The monoisotopic (exact) mass is 341 g/mol. The lowest BCUT2D eigenvalue weighted by Gasteiger charge is -2.29. The van der Waals surface area contributed by atoms with Crippen molar-refractivity contribution >= 4 is 22.5 Å². The number of carbonyl (C=O) groups is 1. The van der Waals surface area contributed by atoms with Gasteiger partial charge in [-0.1, -0.05) is 6.07 Å². The maximum Gasteiger partial charge on any atom is 0.287 e. The molecule has 0 atom stereocenters. The lowest BCUT2D eigenvalue weighted by molar-refractivity contribution is 0.00942.